The second kappa shape index (κ2) is 6.67. The van der Waals surface area contributed by atoms with E-state index in [1.165, 1.54) is 0 Å². The number of nitrogens with one attached hydrogen (secondary N) is 1. The lowest BCUT2D eigenvalue weighted by atomic mass is 10.1. The van der Waals surface area contributed by atoms with Crippen LogP contribution in [0.2, 0.25) is 0 Å². The van der Waals surface area contributed by atoms with Gasteiger partial charge in [-0.05, 0) is 12.1 Å². The highest BCUT2D eigenvalue weighted by molar-refractivity contribution is 5.70. The molecule has 22 heavy (non-hydrogen) atoms. The number of hydrogen-bond donors (Lipinski definition) is 2. The highest BCUT2D eigenvalue weighted by Crippen LogP contribution is 2.18. The summed E-state index contributed by atoms with van der Waals surface area (Å²) in [5.74, 6) is -0.460. The van der Waals surface area contributed by atoms with E-state index in [9.17, 15) is 9.90 Å². The Morgan fingerprint density at radius 2 is 2.36 bits per heavy atom. The summed E-state index contributed by atoms with van der Waals surface area (Å²) in [6.07, 6.45) is 1.71. The fourth-order valence-electron chi connectivity index (χ4n) is 2.53. The SMILES string of the molecule is O=C(O)C1CNCCN(Cc2cc(-c3ccccn3)no2)C1. The van der Waals surface area contributed by atoms with Crippen molar-refractivity contribution in [3.63, 3.8) is 0 Å². The number of aromatic nitrogens is 2. The molecule has 1 aliphatic rings. The molecule has 1 aliphatic heterocycles. The zero-order chi connectivity index (χ0) is 15.4. The average molecular weight is 302 g/mol. The van der Waals surface area contributed by atoms with E-state index in [1.807, 2.05) is 24.3 Å². The first-order valence-electron chi connectivity index (χ1n) is 7.25. The summed E-state index contributed by atoms with van der Waals surface area (Å²) in [6, 6.07) is 7.48. The number of hydrogen-bond acceptors (Lipinski definition) is 6. The number of aliphatic carboxylic acids is 1. The standard InChI is InChI=1S/C15H18N4O3/c20-15(21)11-8-16-5-6-19(9-11)10-12-7-14(18-22-12)13-3-1-2-4-17-13/h1-4,7,11,16H,5-6,8-10H2,(H,20,21). The maximum Gasteiger partial charge on any atom is 0.309 e. The molecule has 0 amide bonds. The monoisotopic (exact) mass is 302 g/mol. The molecule has 0 aromatic carbocycles. The third kappa shape index (κ3) is 3.49. The first-order valence-corrected chi connectivity index (χ1v) is 7.25. The minimum absolute atomic E-state index is 0.402. The summed E-state index contributed by atoms with van der Waals surface area (Å²) in [6.45, 7) is 3.10. The van der Waals surface area contributed by atoms with E-state index in [4.69, 9.17) is 4.52 Å². The number of carboxylic acid groups (broad SMARTS) is 1. The van der Waals surface area contributed by atoms with Gasteiger partial charge in [0.05, 0.1) is 18.2 Å². The number of nitrogens with zero attached hydrogens (tertiary/aromatic N) is 3. The topological polar surface area (TPSA) is 91.5 Å². The molecule has 1 fully saturated rings. The highest BCUT2D eigenvalue weighted by Gasteiger charge is 2.24. The lowest BCUT2D eigenvalue weighted by Gasteiger charge is -2.20. The van der Waals surface area contributed by atoms with Crippen LogP contribution < -0.4 is 5.32 Å². The smallest absolute Gasteiger partial charge is 0.309 e. The molecular weight excluding hydrogens is 284 g/mol. The van der Waals surface area contributed by atoms with E-state index in [0.29, 0.717) is 31.1 Å². The first-order chi connectivity index (χ1) is 10.7. The zero-order valence-electron chi connectivity index (χ0n) is 12.1. The van der Waals surface area contributed by atoms with E-state index in [-0.39, 0.29) is 0 Å². The molecule has 2 N–H and O–H groups in total. The van der Waals surface area contributed by atoms with Crippen LogP contribution in [0.4, 0.5) is 0 Å². The van der Waals surface area contributed by atoms with Gasteiger partial charge in [-0.25, -0.2) is 0 Å². The van der Waals surface area contributed by atoms with Crippen molar-refractivity contribution < 1.29 is 14.4 Å². The van der Waals surface area contributed by atoms with E-state index in [0.717, 1.165) is 18.8 Å². The Kier molecular flexibility index (Phi) is 4.45. The van der Waals surface area contributed by atoms with Gasteiger partial charge in [0.2, 0.25) is 0 Å². The van der Waals surface area contributed by atoms with Crippen LogP contribution in [0.15, 0.2) is 35.0 Å². The van der Waals surface area contributed by atoms with Gasteiger partial charge in [0, 0.05) is 38.4 Å². The Morgan fingerprint density at radius 3 is 3.14 bits per heavy atom. The molecule has 1 atom stereocenters. The second-order valence-electron chi connectivity index (χ2n) is 5.37. The summed E-state index contributed by atoms with van der Waals surface area (Å²) >= 11 is 0. The fraction of sp³-hybridized carbons (Fsp3) is 0.400. The number of pyridine rings is 1. The van der Waals surface area contributed by atoms with Gasteiger partial charge in [-0.2, -0.15) is 0 Å². The van der Waals surface area contributed by atoms with Crippen molar-refractivity contribution in [2.45, 2.75) is 6.54 Å². The third-order valence-corrected chi connectivity index (χ3v) is 3.69. The molecule has 0 spiro atoms. The predicted molar refractivity (Wildman–Crippen MR) is 79.0 cm³/mol. The number of rotatable bonds is 4. The molecular formula is C15H18N4O3. The Labute approximate surface area is 127 Å². The molecule has 2 aromatic heterocycles. The highest BCUT2D eigenvalue weighted by atomic mass is 16.5. The van der Waals surface area contributed by atoms with Gasteiger partial charge in [0.25, 0.3) is 0 Å². The largest absolute Gasteiger partial charge is 0.481 e. The van der Waals surface area contributed by atoms with Crippen molar-refractivity contribution in [1.82, 2.24) is 20.4 Å². The molecule has 3 heterocycles. The lowest BCUT2D eigenvalue weighted by Crippen LogP contribution is -2.33. The quantitative estimate of drug-likeness (QED) is 0.864. The number of carboxylic acids is 1. The van der Waals surface area contributed by atoms with E-state index >= 15 is 0 Å². The van der Waals surface area contributed by atoms with Gasteiger partial charge >= 0.3 is 5.97 Å². The molecule has 7 nitrogen and oxygen atoms in total. The Hall–Kier alpha value is -2.25. The van der Waals surface area contributed by atoms with Crippen LogP contribution in [0.1, 0.15) is 5.76 Å². The minimum atomic E-state index is -0.772. The van der Waals surface area contributed by atoms with Crippen LogP contribution in [-0.2, 0) is 11.3 Å². The van der Waals surface area contributed by atoms with Crippen molar-refractivity contribution >= 4 is 5.97 Å². The van der Waals surface area contributed by atoms with Crippen LogP contribution in [0, 0.1) is 5.92 Å². The number of carbonyl (C=O) groups is 1. The molecule has 0 saturated carbocycles. The Bertz CT molecular complexity index is 629. The second-order valence-corrected chi connectivity index (χ2v) is 5.37. The summed E-state index contributed by atoms with van der Waals surface area (Å²) in [7, 11) is 0. The summed E-state index contributed by atoms with van der Waals surface area (Å²) in [5.41, 5.74) is 1.46. The Morgan fingerprint density at radius 1 is 1.45 bits per heavy atom. The van der Waals surface area contributed by atoms with Gasteiger partial charge in [-0.3, -0.25) is 14.7 Å². The van der Waals surface area contributed by atoms with Gasteiger partial charge in [-0.1, -0.05) is 11.2 Å². The van der Waals surface area contributed by atoms with E-state index < -0.39 is 11.9 Å². The molecule has 3 rings (SSSR count). The van der Waals surface area contributed by atoms with E-state index in [1.54, 1.807) is 6.20 Å². The predicted octanol–water partition coefficient (Wildman–Crippen LogP) is 0.843. The minimum Gasteiger partial charge on any atom is -0.481 e. The van der Waals surface area contributed by atoms with Crippen LogP contribution in [-0.4, -0.2) is 52.3 Å². The van der Waals surface area contributed by atoms with Crippen molar-refractivity contribution in [3.8, 4) is 11.4 Å². The van der Waals surface area contributed by atoms with Crippen LogP contribution in [0.3, 0.4) is 0 Å². The third-order valence-electron chi connectivity index (χ3n) is 3.69. The lowest BCUT2D eigenvalue weighted by molar-refractivity contribution is -0.142. The van der Waals surface area contributed by atoms with Gasteiger partial charge in [0.1, 0.15) is 5.69 Å². The zero-order valence-corrected chi connectivity index (χ0v) is 12.1. The summed E-state index contributed by atoms with van der Waals surface area (Å²) < 4.78 is 5.36. The molecule has 0 aliphatic carbocycles. The van der Waals surface area contributed by atoms with Crippen molar-refractivity contribution in [1.29, 1.82) is 0 Å². The van der Waals surface area contributed by atoms with Crippen molar-refractivity contribution in [2.24, 2.45) is 5.92 Å². The molecule has 0 bridgehead atoms. The maximum atomic E-state index is 11.2. The van der Waals surface area contributed by atoms with Crippen LogP contribution >= 0.6 is 0 Å². The van der Waals surface area contributed by atoms with Crippen LogP contribution in [0.25, 0.3) is 11.4 Å². The fourth-order valence-corrected chi connectivity index (χ4v) is 2.53. The maximum absolute atomic E-state index is 11.2. The van der Waals surface area contributed by atoms with Crippen LogP contribution in [0.5, 0.6) is 0 Å². The van der Waals surface area contributed by atoms with Crippen molar-refractivity contribution in [2.75, 3.05) is 26.2 Å². The summed E-state index contributed by atoms with van der Waals surface area (Å²) in [5, 5.41) is 16.4. The molecule has 1 unspecified atom stereocenters. The molecule has 7 heteroatoms. The molecule has 1 saturated heterocycles. The van der Waals surface area contributed by atoms with Gasteiger partial charge in [-0.15, -0.1) is 0 Å². The Balaban J connectivity index is 1.68. The van der Waals surface area contributed by atoms with Crippen molar-refractivity contribution in [3.05, 3.63) is 36.2 Å². The first kappa shape index (κ1) is 14.7. The van der Waals surface area contributed by atoms with Gasteiger partial charge < -0.3 is 14.9 Å². The summed E-state index contributed by atoms with van der Waals surface area (Å²) in [4.78, 5) is 17.5. The molecule has 2 aromatic rings. The molecule has 0 radical (unpaired) electrons. The average Bonchev–Trinajstić information content (AvgIpc) is 2.86. The molecule has 116 valence electrons. The normalized spacial score (nSPS) is 19.7. The van der Waals surface area contributed by atoms with E-state index in [2.05, 4.69) is 20.4 Å². The van der Waals surface area contributed by atoms with Gasteiger partial charge in [0.15, 0.2) is 5.76 Å².